The number of ether oxygens (including phenoxy) is 6. The Hall–Kier alpha value is -1.28. The lowest BCUT2D eigenvalue weighted by molar-refractivity contribution is -0.317. The van der Waals surface area contributed by atoms with Gasteiger partial charge in [-0.1, -0.05) is 27.7 Å². The summed E-state index contributed by atoms with van der Waals surface area (Å²) in [4.78, 5) is 16.2. The minimum Gasteiger partial charge on any atom is -0.459 e. The topological polar surface area (TPSA) is 198 Å². The van der Waals surface area contributed by atoms with Crippen molar-refractivity contribution in [3.8, 4) is 0 Å². The third kappa shape index (κ3) is 11.3. The number of carbonyl (C=O) groups is 1. The summed E-state index contributed by atoms with van der Waals surface area (Å²) < 4.78 is 43.7. The molecule has 0 aromatic rings. The summed E-state index contributed by atoms with van der Waals surface area (Å²) in [5.41, 5.74) is -4.28. The summed E-state index contributed by atoms with van der Waals surface area (Å²) in [5, 5.41) is 63.8. The Balaban J connectivity index is 2.27. The number of nitrogens with zero attached hydrogens (tertiary/aromatic N) is 2. The van der Waals surface area contributed by atoms with E-state index in [1.807, 2.05) is 52.5 Å². The maximum atomic E-state index is 14.3. The Morgan fingerprint density at radius 3 is 2.05 bits per heavy atom. The summed E-state index contributed by atoms with van der Waals surface area (Å²) in [6.45, 7) is 23.1. The summed E-state index contributed by atoms with van der Waals surface area (Å²) in [5.74, 6) is -3.91. The number of likely N-dealkylation sites (N-methyl/N-ethyl adjacent to an activating group) is 1. The first-order chi connectivity index (χ1) is 25.6. The van der Waals surface area contributed by atoms with E-state index in [4.69, 9.17) is 32.9 Å². The van der Waals surface area contributed by atoms with E-state index in [0.29, 0.717) is 12.1 Å². The van der Waals surface area contributed by atoms with Crippen LogP contribution in [0.25, 0.3) is 0 Å². The van der Waals surface area contributed by atoms with E-state index in [2.05, 4.69) is 5.16 Å². The number of carbonyl (C=O) groups excluding carboxylic acids is 1. The van der Waals surface area contributed by atoms with Crippen LogP contribution < -0.4 is 0 Å². The first kappa shape index (κ1) is 49.1. The van der Waals surface area contributed by atoms with Crippen molar-refractivity contribution in [2.75, 3.05) is 21.2 Å². The zero-order valence-corrected chi connectivity index (χ0v) is 37.9. The zero-order chi connectivity index (χ0) is 42.9. The van der Waals surface area contributed by atoms with Crippen LogP contribution in [0.15, 0.2) is 5.16 Å². The summed E-state index contributed by atoms with van der Waals surface area (Å²) in [6, 6.07) is -0.309. The molecule has 0 aromatic heterocycles. The molecule has 0 amide bonds. The average Bonchev–Trinajstić information content (AvgIpc) is 3.09. The lowest BCUT2D eigenvalue weighted by atomic mass is 9.73. The molecule has 0 unspecified atom stereocenters. The maximum absolute atomic E-state index is 14.3. The van der Waals surface area contributed by atoms with Crippen molar-refractivity contribution in [3.05, 3.63) is 0 Å². The summed E-state index contributed by atoms with van der Waals surface area (Å²) >= 11 is 0. The van der Waals surface area contributed by atoms with Gasteiger partial charge in [0.2, 0.25) is 0 Å². The molecule has 0 spiro atoms. The van der Waals surface area contributed by atoms with Crippen molar-refractivity contribution in [2.45, 2.75) is 199 Å². The number of hydrogen-bond acceptors (Lipinski definition) is 15. The molecule has 3 aliphatic rings. The van der Waals surface area contributed by atoms with Gasteiger partial charge in [-0.25, -0.2) is 0 Å². The van der Waals surface area contributed by atoms with Gasteiger partial charge in [0.15, 0.2) is 12.6 Å². The molecule has 328 valence electrons. The van der Waals surface area contributed by atoms with Crippen molar-refractivity contribution in [3.63, 3.8) is 0 Å². The van der Waals surface area contributed by atoms with Gasteiger partial charge in [-0.2, -0.15) is 0 Å². The van der Waals surface area contributed by atoms with E-state index >= 15 is 0 Å². The predicted octanol–water partition coefficient (Wildman–Crippen LogP) is 3.42. The molecular weight excluding hydrogens is 745 g/mol. The van der Waals surface area contributed by atoms with Crippen LogP contribution in [-0.4, -0.2) is 156 Å². The van der Waals surface area contributed by atoms with Crippen molar-refractivity contribution in [1.29, 1.82) is 0 Å². The Morgan fingerprint density at radius 2 is 1.52 bits per heavy atom. The molecule has 18 atom stereocenters. The van der Waals surface area contributed by atoms with E-state index in [1.54, 1.807) is 48.5 Å². The van der Waals surface area contributed by atoms with Gasteiger partial charge in [-0.05, 0) is 94.5 Å². The van der Waals surface area contributed by atoms with Crippen LogP contribution in [0.3, 0.4) is 0 Å². The second-order valence-corrected chi connectivity index (χ2v) is 23.2. The third-order valence-electron chi connectivity index (χ3n) is 12.3. The molecule has 0 bridgehead atoms. The lowest BCUT2D eigenvalue weighted by Crippen LogP contribution is -2.61. The van der Waals surface area contributed by atoms with Crippen LogP contribution in [-0.2, 0) is 37.7 Å². The molecule has 5 N–H and O–H groups in total. The minimum absolute atomic E-state index is 0.0260. The number of rotatable bonds is 9. The number of hydrogen-bond donors (Lipinski definition) is 5. The average molecular weight is 821 g/mol. The van der Waals surface area contributed by atoms with Gasteiger partial charge >= 0.3 is 5.97 Å². The van der Waals surface area contributed by atoms with Gasteiger partial charge in [0.05, 0.1) is 53.4 Å². The second kappa shape index (κ2) is 19.0. The maximum Gasteiger partial charge on any atom is 0.311 e. The fraction of sp³-hybridized carbons (Fsp3) is 0.950. The second-order valence-electron chi connectivity index (χ2n) is 18.8. The molecule has 15 nitrogen and oxygen atoms in total. The number of cyclic esters (lactones) is 1. The molecule has 3 saturated heterocycles. The highest BCUT2D eigenvalue weighted by atomic mass is 28.4. The van der Waals surface area contributed by atoms with Gasteiger partial charge in [0, 0.05) is 37.3 Å². The Labute approximate surface area is 336 Å². The Bertz CT molecular complexity index is 1310. The predicted molar refractivity (Wildman–Crippen MR) is 213 cm³/mol. The molecule has 0 aliphatic carbocycles. The van der Waals surface area contributed by atoms with E-state index in [1.165, 1.54) is 14.0 Å². The highest BCUT2D eigenvalue weighted by molar-refractivity contribution is 6.69. The Morgan fingerprint density at radius 1 is 0.911 bits per heavy atom. The number of aliphatic hydroxyl groups excluding tert-OH is 3. The normalized spacial score (nSPS) is 47.4. The lowest BCUT2D eigenvalue weighted by Gasteiger charge is -2.49. The van der Waals surface area contributed by atoms with Gasteiger partial charge in [0.1, 0.15) is 23.9 Å². The fourth-order valence-electron chi connectivity index (χ4n) is 8.78. The minimum atomic E-state index is -2.24. The van der Waals surface area contributed by atoms with Crippen molar-refractivity contribution in [2.24, 2.45) is 28.8 Å². The van der Waals surface area contributed by atoms with E-state index in [0.717, 1.165) is 0 Å². The van der Waals surface area contributed by atoms with Gasteiger partial charge in [0.25, 0.3) is 8.32 Å². The van der Waals surface area contributed by atoms with Crippen LogP contribution in [0.1, 0.15) is 94.9 Å². The van der Waals surface area contributed by atoms with E-state index < -0.39 is 110 Å². The first-order valence-corrected chi connectivity index (χ1v) is 23.8. The Kier molecular flexibility index (Phi) is 16.6. The molecule has 0 aromatic carbocycles. The van der Waals surface area contributed by atoms with Crippen molar-refractivity contribution >= 4 is 20.0 Å². The van der Waals surface area contributed by atoms with E-state index in [9.17, 15) is 30.3 Å². The smallest absolute Gasteiger partial charge is 0.311 e. The number of oxime groups is 1. The molecule has 3 heterocycles. The number of aliphatic hydroxyl groups is 5. The standard InChI is InChI=1S/C40H76N2O13Si/c1-17-28-40(10,48)33(44)23(4)30(41-55-56(14,15)16)21(2)19-38(8,47)35(54-37-31(43)27(42(11)12)18-22(3)50-37)24(5)32(25(6)36(46)52-28)53-29-20-39(9,49-13)34(45)26(7)51-29/h21-29,31-35,37,43-45,47-48H,17-20H2,1-16H3/b41-30+/t21-,22-,23+,24+,25-,26+,27+,28-,29+,31-,32+,33-,34+,35-,37+,38-,39-,40-/m1/s1. The van der Waals surface area contributed by atoms with E-state index in [-0.39, 0.29) is 31.4 Å². The van der Waals surface area contributed by atoms with Crippen LogP contribution in [0.2, 0.25) is 19.6 Å². The van der Waals surface area contributed by atoms with Crippen LogP contribution in [0, 0.1) is 23.7 Å². The highest BCUT2D eigenvalue weighted by Gasteiger charge is 2.53. The quantitative estimate of drug-likeness (QED) is 0.129. The monoisotopic (exact) mass is 821 g/mol. The molecule has 3 fully saturated rings. The zero-order valence-electron chi connectivity index (χ0n) is 36.9. The molecular formula is C40H76N2O13Si. The molecule has 0 radical (unpaired) electrons. The summed E-state index contributed by atoms with van der Waals surface area (Å²) in [6.07, 6.45) is -9.11. The molecule has 3 rings (SSSR count). The largest absolute Gasteiger partial charge is 0.459 e. The molecule has 56 heavy (non-hydrogen) atoms. The highest BCUT2D eigenvalue weighted by Crippen LogP contribution is 2.41. The first-order valence-electron chi connectivity index (χ1n) is 20.4. The number of methoxy groups -OCH3 is 1. The molecule has 3 aliphatic heterocycles. The fourth-order valence-corrected chi connectivity index (χ4v) is 9.16. The van der Waals surface area contributed by atoms with Gasteiger partial charge in [-0.3, -0.25) is 4.79 Å². The van der Waals surface area contributed by atoms with Crippen LogP contribution >= 0.6 is 0 Å². The van der Waals surface area contributed by atoms with Crippen molar-refractivity contribution < 1.29 is 63.3 Å². The molecule has 0 saturated carbocycles. The number of esters is 1. The van der Waals surface area contributed by atoms with Crippen LogP contribution in [0.4, 0.5) is 0 Å². The summed E-state index contributed by atoms with van der Waals surface area (Å²) in [7, 11) is 3.00. The third-order valence-corrected chi connectivity index (χ3v) is 12.9. The SMILES string of the molecule is CC[C@H]1OC(=O)[C@H](C)[C@@H](O[C@H]2C[C@@](C)(OC)[C@@H](O)[C@H](C)O2)[C@H](C)[C@@H](O[C@@H]2O[C@H](C)C[C@H](N(C)C)[C@H]2O)[C@](C)(O)C[C@@H](C)/C(=N\O[Si](C)(C)C)[C@H](C)[C@@H](O)[C@]1(C)O. The van der Waals surface area contributed by atoms with Crippen molar-refractivity contribution in [1.82, 2.24) is 4.90 Å². The van der Waals surface area contributed by atoms with Crippen LogP contribution in [0.5, 0.6) is 0 Å². The van der Waals surface area contributed by atoms with Gasteiger partial charge in [-0.15, -0.1) is 5.16 Å². The molecule has 16 heteroatoms. The van der Waals surface area contributed by atoms with Gasteiger partial charge < -0.3 is 63.4 Å².